The molecule has 78 valence electrons. The van der Waals surface area contributed by atoms with Gasteiger partial charge in [0.05, 0.1) is 8.07 Å². The van der Waals surface area contributed by atoms with E-state index in [1.165, 1.54) is 0 Å². The molecule has 0 unspecified atom stereocenters. The molecule has 0 rings (SSSR count). The van der Waals surface area contributed by atoms with Crippen LogP contribution < -0.4 is 0 Å². The molecule has 0 atom stereocenters. The molecule has 0 aromatic carbocycles. The molecule has 0 aliphatic rings. The van der Waals surface area contributed by atoms with Gasteiger partial charge in [-0.3, -0.25) is 4.79 Å². The molecule has 0 aliphatic heterocycles. The van der Waals surface area contributed by atoms with E-state index in [0.29, 0.717) is 6.04 Å². The number of rotatable bonds is 6. The van der Waals surface area contributed by atoms with Crippen molar-refractivity contribution in [3.05, 3.63) is 0 Å². The van der Waals surface area contributed by atoms with E-state index in [-0.39, 0.29) is 5.78 Å². The van der Waals surface area contributed by atoms with Crippen LogP contribution in [0.2, 0.25) is 24.2 Å². The highest BCUT2D eigenvalue weighted by molar-refractivity contribution is 6.83. The molecule has 0 radical (unpaired) electrons. The highest BCUT2D eigenvalue weighted by Gasteiger charge is 2.31. The lowest BCUT2D eigenvalue weighted by Gasteiger charge is -2.27. The van der Waals surface area contributed by atoms with Gasteiger partial charge in [-0.1, -0.05) is 62.1 Å². The smallest absolute Gasteiger partial charge is 0.165 e. The summed E-state index contributed by atoms with van der Waals surface area (Å²) in [6, 6.07) is 4.08. The first-order valence-corrected chi connectivity index (χ1v) is 8.52. The Kier molecular flexibility index (Phi) is 6.26. The highest BCUT2D eigenvalue weighted by atomic mass is 35.5. The zero-order valence-electron chi connectivity index (χ0n) is 8.57. The van der Waals surface area contributed by atoms with Gasteiger partial charge in [-0.05, 0) is 0 Å². The van der Waals surface area contributed by atoms with Crippen LogP contribution in [0.15, 0.2) is 0 Å². The summed E-state index contributed by atoms with van der Waals surface area (Å²) in [5.41, 5.74) is 0. The summed E-state index contributed by atoms with van der Waals surface area (Å²) in [6.07, 6.45) is 0. The largest absolute Gasteiger partial charge is 0.297 e. The summed E-state index contributed by atoms with van der Waals surface area (Å²) < 4.78 is 0. The summed E-state index contributed by atoms with van der Waals surface area (Å²) in [7, 11) is -1.36. The monoisotopic (exact) mass is 240 g/mol. The maximum atomic E-state index is 11.4. The summed E-state index contributed by atoms with van der Waals surface area (Å²) in [4.78, 5) is 10.6. The van der Waals surface area contributed by atoms with Crippen LogP contribution in [0.5, 0.6) is 0 Å². The minimum atomic E-state index is -1.36. The number of carbonyl (C=O) groups is 1. The van der Waals surface area contributed by atoms with Crippen molar-refractivity contribution in [2.24, 2.45) is 0 Å². The summed E-state index contributed by atoms with van der Waals surface area (Å²) >= 11 is 11.1. The van der Waals surface area contributed by atoms with E-state index in [9.17, 15) is 4.79 Å². The van der Waals surface area contributed by atoms with Crippen molar-refractivity contribution in [2.75, 3.05) is 0 Å². The maximum Gasteiger partial charge on any atom is 0.165 e. The van der Waals surface area contributed by atoms with Gasteiger partial charge >= 0.3 is 0 Å². The van der Waals surface area contributed by atoms with Gasteiger partial charge in [0.1, 0.15) is 0 Å². The Morgan fingerprint density at radius 3 is 1.77 bits per heavy atom. The fourth-order valence-electron chi connectivity index (χ4n) is 1.57. The van der Waals surface area contributed by atoms with E-state index in [1.807, 2.05) is 0 Å². The Balaban J connectivity index is 4.33. The van der Waals surface area contributed by atoms with Crippen LogP contribution in [-0.2, 0) is 4.79 Å². The third-order valence-corrected chi connectivity index (χ3v) is 9.13. The van der Waals surface area contributed by atoms with Crippen molar-refractivity contribution >= 4 is 37.1 Å². The van der Waals surface area contributed by atoms with E-state index in [4.69, 9.17) is 23.2 Å². The molecule has 0 fully saturated rings. The Morgan fingerprint density at radius 2 is 1.54 bits per heavy atom. The van der Waals surface area contributed by atoms with Crippen molar-refractivity contribution in [2.45, 2.75) is 49.8 Å². The Hall–Kier alpha value is 0.467. The first kappa shape index (κ1) is 13.5. The second-order valence-electron chi connectivity index (χ2n) is 3.50. The highest BCUT2D eigenvalue weighted by Crippen LogP contribution is 2.27. The SMILES string of the molecule is CC[Si](CC)(CC)CC(=O)C(Cl)Cl. The predicted molar refractivity (Wildman–Crippen MR) is 62.5 cm³/mol. The molecule has 0 bridgehead atoms. The summed E-state index contributed by atoms with van der Waals surface area (Å²) in [5.74, 6) is 0.0144. The van der Waals surface area contributed by atoms with Crippen LogP contribution in [0.3, 0.4) is 0 Å². The topological polar surface area (TPSA) is 17.1 Å². The van der Waals surface area contributed by atoms with E-state index in [1.54, 1.807) is 0 Å². The quantitative estimate of drug-likeness (QED) is 0.509. The van der Waals surface area contributed by atoms with Gasteiger partial charge < -0.3 is 0 Å². The molecule has 0 heterocycles. The van der Waals surface area contributed by atoms with Gasteiger partial charge in [0, 0.05) is 6.04 Å². The number of alkyl halides is 2. The summed E-state index contributed by atoms with van der Waals surface area (Å²) in [6.45, 7) is 6.51. The predicted octanol–water partition coefficient (Wildman–Crippen LogP) is 3.87. The van der Waals surface area contributed by atoms with E-state index < -0.39 is 12.9 Å². The van der Waals surface area contributed by atoms with Gasteiger partial charge in [-0.2, -0.15) is 0 Å². The molecule has 4 heteroatoms. The lowest BCUT2D eigenvalue weighted by Crippen LogP contribution is -2.35. The lowest BCUT2D eigenvalue weighted by molar-refractivity contribution is -0.115. The zero-order valence-corrected chi connectivity index (χ0v) is 11.1. The minimum absolute atomic E-state index is 0.0144. The number of carbonyl (C=O) groups excluding carboxylic acids is 1. The van der Waals surface area contributed by atoms with Gasteiger partial charge in [0.15, 0.2) is 10.6 Å². The van der Waals surface area contributed by atoms with Gasteiger partial charge in [0.2, 0.25) is 0 Å². The van der Waals surface area contributed by atoms with Crippen LogP contribution in [0.4, 0.5) is 0 Å². The van der Waals surface area contributed by atoms with Gasteiger partial charge in [0.25, 0.3) is 0 Å². The first-order chi connectivity index (χ1) is 6.01. The number of Topliss-reactive ketones (excluding diaryl/α,β-unsaturated/α-hetero) is 1. The maximum absolute atomic E-state index is 11.4. The fraction of sp³-hybridized carbons (Fsp3) is 0.889. The second-order valence-corrected chi connectivity index (χ2v) is 10.1. The molecule has 0 saturated carbocycles. The van der Waals surface area contributed by atoms with E-state index in [0.717, 1.165) is 18.1 Å². The Bertz CT molecular complexity index is 159. The van der Waals surface area contributed by atoms with Crippen molar-refractivity contribution in [1.29, 1.82) is 0 Å². The van der Waals surface area contributed by atoms with E-state index in [2.05, 4.69) is 20.8 Å². The first-order valence-electron chi connectivity index (χ1n) is 4.82. The average Bonchev–Trinajstić information content (AvgIpc) is 2.14. The average molecular weight is 241 g/mol. The second kappa shape index (κ2) is 6.05. The van der Waals surface area contributed by atoms with Crippen LogP contribution in [0.25, 0.3) is 0 Å². The molecule has 0 aromatic heterocycles. The Morgan fingerprint density at radius 1 is 1.15 bits per heavy atom. The molecule has 0 saturated heterocycles. The third kappa shape index (κ3) is 4.01. The van der Waals surface area contributed by atoms with Crippen molar-refractivity contribution in [3.63, 3.8) is 0 Å². The van der Waals surface area contributed by atoms with Crippen molar-refractivity contribution in [3.8, 4) is 0 Å². The lowest BCUT2D eigenvalue weighted by atomic mass is 10.5. The number of hydrogen-bond donors (Lipinski definition) is 0. The molecular formula is C9H18Cl2OSi. The molecule has 13 heavy (non-hydrogen) atoms. The molecule has 1 nitrogen and oxygen atoms in total. The zero-order chi connectivity index (χ0) is 10.5. The number of ketones is 1. The molecular weight excluding hydrogens is 223 g/mol. The van der Waals surface area contributed by atoms with Gasteiger partial charge in [-0.25, -0.2) is 0 Å². The van der Waals surface area contributed by atoms with Crippen LogP contribution >= 0.6 is 23.2 Å². The standard InChI is InChI=1S/C9H18Cl2OSi/c1-4-13(5-2,6-3)7-8(12)9(10)11/h9H,4-7H2,1-3H3. The molecule has 0 N–H and O–H groups in total. The fourth-order valence-corrected chi connectivity index (χ4v) is 5.18. The van der Waals surface area contributed by atoms with Crippen LogP contribution in [0, 0.1) is 0 Å². The Labute approximate surface area is 91.8 Å². The van der Waals surface area contributed by atoms with E-state index >= 15 is 0 Å². The number of halogens is 2. The minimum Gasteiger partial charge on any atom is -0.297 e. The van der Waals surface area contributed by atoms with Crippen molar-refractivity contribution < 1.29 is 4.79 Å². The van der Waals surface area contributed by atoms with Crippen molar-refractivity contribution in [1.82, 2.24) is 0 Å². The third-order valence-electron chi connectivity index (χ3n) is 3.04. The molecule has 0 aromatic rings. The normalized spacial score (nSPS) is 12.2. The molecule has 0 amide bonds. The van der Waals surface area contributed by atoms with Gasteiger partial charge in [-0.15, -0.1) is 0 Å². The molecule has 0 spiro atoms. The van der Waals surface area contributed by atoms with Crippen LogP contribution in [-0.4, -0.2) is 18.7 Å². The molecule has 0 aliphatic carbocycles. The summed E-state index contributed by atoms with van der Waals surface area (Å²) in [5, 5.41) is 0. The number of hydrogen-bond acceptors (Lipinski definition) is 1. The van der Waals surface area contributed by atoms with Crippen LogP contribution in [0.1, 0.15) is 20.8 Å².